The second-order valence-corrected chi connectivity index (χ2v) is 10.8. The maximum atomic E-state index is 12.9. The molecular formula is C23H36N2O9S. The molecule has 2 atom stereocenters. The number of aliphatic carboxylic acids is 2. The summed E-state index contributed by atoms with van der Waals surface area (Å²) in [6.07, 6.45) is 1.67. The summed E-state index contributed by atoms with van der Waals surface area (Å²) in [7, 11) is -3.47. The summed E-state index contributed by atoms with van der Waals surface area (Å²) in [5.74, 6) is -3.28. The SMILES string of the molecule is CC(C)c1ccc(S(=O)(=O)N2CCN(CC(O)COCC3CCCO3)CC2)cc1.O=C(O)C(=O)O. The van der Waals surface area contributed by atoms with Crippen LogP contribution in [0.5, 0.6) is 0 Å². The molecule has 2 aliphatic heterocycles. The molecule has 3 N–H and O–H groups in total. The van der Waals surface area contributed by atoms with E-state index in [4.69, 9.17) is 29.3 Å². The molecule has 2 aliphatic rings. The van der Waals surface area contributed by atoms with Gasteiger partial charge in [0.2, 0.25) is 10.0 Å². The van der Waals surface area contributed by atoms with E-state index in [2.05, 4.69) is 18.7 Å². The Labute approximate surface area is 206 Å². The van der Waals surface area contributed by atoms with Crippen LogP contribution in [0.4, 0.5) is 0 Å². The number of carboxylic acids is 2. The largest absolute Gasteiger partial charge is 0.473 e. The van der Waals surface area contributed by atoms with Gasteiger partial charge < -0.3 is 24.8 Å². The van der Waals surface area contributed by atoms with Crippen LogP contribution in [0.25, 0.3) is 0 Å². The number of piperazine rings is 1. The first-order valence-electron chi connectivity index (χ1n) is 11.7. The molecule has 1 aromatic carbocycles. The first kappa shape index (κ1) is 29.1. The lowest BCUT2D eigenvalue weighted by atomic mass is 10.0. The number of β-amino-alcohol motifs (C(OH)–C–C–N with tert-alkyl or cyclic N) is 1. The molecule has 0 bridgehead atoms. The molecule has 0 aromatic heterocycles. The molecule has 0 spiro atoms. The predicted octanol–water partition coefficient (Wildman–Crippen LogP) is 0.828. The maximum absolute atomic E-state index is 12.9. The van der Waals surface area contributed by atoms with E-state index in [0.717, 1.165) is 25.0 Å². The van der Waals surface area contributed by atoms with Crippen molar-refractivity contribution in [2.75, 3.05) is 52.5 Å². The Morgan fingerprint density at radius 2 is 1.69 bits per heavy atom. The van der Waals surface area contributed by atoms with Crippen LogP contribution in [0, 0.1) is 0 Å². The molecule has 0 saturated carbocycles. The molecule has 0 amide bonds. The van der Waals surface area contributed by atoms with E-state index >= 15 is 0 Å². The summed E-state index contributed by atoms with van der Waals surface area (Å²) in [5, 5.41) is 25.0. The molecule has 3 rings (SSSR count). The van der Waals surface area contributed by atoms with Gasteiger partial charge in [-0.1, -0.05) is 26.0 Å². The van der Waals surface area contributed by atoms with Gasteiger partial charge in [-0.2, -0.15) is 4.31 Å². The zero-order chi connectivity index (χ0) is 26.0. The van der Waals surface area contributed by atoms with Gasteiger partial charge in [0.05, 0.1) is 30.3 Å². The van der Waals surface area contributed by atoms with Crippen molar-refractivity contribution in [1.82, 2.24) is 9.21 Å². The van der Waals surface area contributed by atoms with Crippen LogP contribution in [0.15, 0.2) is 29.2 Å². The Balaban J connectivity index is 0.000000641. The van der Waals surface area contributed by atoms with E-state index in [1.54, 1.807) is 12.1 Å². The molecule has 11 nitrogen and oxygen atoms in total. The average molecular weight is 517 g/mol. The highest BCUT2D eigenvalue weighted by atomic mass is 32.2. The van der Waals surface area contributed by atoms with Crippen molar-refractivity contribution < 1.29 is 42.8 Å². The van der Waals surface area contributed by atoms with Crippen LogP contribution >= 0.6 is 0 Å². The minimum Gasteiger partial charge on any atom is -0.473 e. The van der Waals surface area contributed by atoms with E-state index in [9.17, 15) is 13.5 Å². The number of nitrogens with zero attached hydrogens (tertiary/aromatic N) is 2. The lowest BCUT2D eigenvalue weighted by molar-refractivity contribution is -0.159. The van der Waals surface area contributed by atoms with Gasteiger partial charge in [0.1, 0.15) is 0 Å². The smallest absolute Gasteiger partial charge is 0.414 e. The fourth-order valence-corrected chi connectivity index (χ4v) is 5.21. The second kappa shape index (κ2) is 13.9. The standard InChI is InChI=1S/C21H34N2O5S.C2H2O4/c1-17(2)18-5-7-21(8-6-18)29(25,26)23-11-9-22(10-12-23)14-19(24)15-27-16-20-4-3-13-28-20;3-1(4)2(5)6/h5-8,17,19-20,24H,3-4,9-16H2,1-2H3;(H,3,4)(H,5,6). The molecule has 0 aliphatic carbocycles. The second-order valence-electron chi connectivity index (χ2n) is 8.87. The summed E-state index contributed by atoms with van der Waals surface area (Å²) in [4.78, 5) is 20.6. The number of carbonyl (C=O) groups is 2. The van der Waals surface area contributed by atoms with Crippen LogP contribution < -0.4 is 0 Å². The van der Waals surface area contributed by atoms with Crippen molar-refractivity contribution in [3.63, 3.8) is 0 Å². The number of aliphatic hydroxyl groups excluding tert-OH is 1. The summed E-state index contributed by atoms with van der Waals surface area (Å²) >= 11 is 0. The summed E-state index contributed by atoms with van der Waals surface area (Å²) < 4.78 is 38.4. The third-order valence-corrected chi connectivity index (χ3v) is 7.72. The Kier molecular flexibility index (Phi) is 11.5. The van der Waals surface area contributed by atoms with Gasteiger partial charge >= 0.3 is 11.9 Å². The lowest BCUT2D eigenvalue weighted by Crippen LogP contribution is -2.50. The summed E-state index contributed by atoms with van der Waals surface area (Å²) in [6, 6.07) is 7.18. The van der Waals surface area contributed by atoms with Gasteiger partial charge in [0.25, 0.3) is 0 Å². The zero-order valence-corrected chi connectivity index (χ0v) is 21.0. The maximum Gasteiger partial charge on any atom is 0.414 e. The van der Waals surface area contributed by atoms with Gasteiger partial charge in [0, 0.05) is 39.3 Å². The number of aliphatic hydroxyl groups is 1. The van der Waals surface area contributed by atoms with Crippen molar-refractivity contribution in [3.8, 4) is 0 Å². The van der Waals surface area contributed by atoms with Gasteiger partial charge in [-0.05, 0) is 36.5 Å². The number of rotatable bonds is 9. The fraction of sp³-hybridized carbons (Fsp3) is 0.652. The van der Waals surface area contributed by atoms with Gasteiger partial charge in [-0.25, -0.2) is 18.0 Å². The third-order valence-electron chi connectivity index (χ3n) is 5.81. The fourth-order valence-electron chi connectivity index (χ4n) is 3.79. The van der Waals surface area contributed by atoms with Crippen molar-refractivity contribution in [3.05, 3.63) is 29.8 Å². The minimum atomic E-state index is -3.47. The van der Waals surface area contributed by atoms with E-state index in [0.29, 0.717) is 50.1 Å². The van der Waals surface area contributed by atoms with E-state index in [-0.39, 0.29) is 12.7 Å². The van der Waals surface area contributed by atoms with Gasteiger partial charge in [-0.3, -0.25) is 4.90 Å². The van der Waals surface area contributed by atoms with Crippen LogP contribution in [0.2, 0.25) is 0 Å². The third kappa shape index (κ3) is 9.47. The van der Waals surface area contributed by atoms with Crippen LogP contribution in [-0.2, 0) is 29.1 Å². The van der Waals surface area contributed by atoms with Gasteiger partial charge in [-0.15, -0.1) is 0 Å². The molecule has 2 unspecified atom stereocenters. The number of benzene rings is 1. The highest BCUT2D eigenvalue weighted by Gasteiger charge is 2.29. The van der Waals surface area contributed by atoms with Crippen LogP contribution in [-0.4, -0.2) is 110 Å². The molecule has 2 saturated heterocycles. The summed E-state index contributed by atoms with van der Waals surface area (Å²) in [5.41, 5.74) is 1.13. The number of hydrogen-bond acceptors (Lipinski definition) is 8. The molecule has 35 heavy (non-hydrogen) atoms. The van der Waals surface area contributed by atoms with Gasteiger partial charge in [0.15, 0.2) is 0 Å². The first-order chi connectivity index (χ1) is 16.5. The Bertz CT molecular complexity index is 895. The lowest BCUT2D eigenvalue weighted by Gasteiger charge is -2.34. The monoisotopic (exact) mass is 516 g/mol. The summed E-state index contributed by atoms with van der Waals surface area (Å²) in [6.45, 7) is 8.33. The Morgan fingerprint density at radius 3 is 2.17 bits per heavy atom. The van der Waals surface area contributed by atoms with E-state index in [1.807, 2.05) is 12.1 Å². The van der Waals surface area contributed by atoms with Crippen LogP contribution in [0.1, 0.15) is 38.2 Å². The molecular weight excluding hydrogens is 480 g/mol. The van der Waals surface area contributed by atoms with Crippen molar-refractivity contribution in [2.45, 2.75) is 49.7 Å². The molecule has 12 heteroatoms. The minimum absolute atomic E-state index is 0.158. The molecule has 1 aromatic rings. The quantitative estimate of drug-likeness (QED) is 0.402. The average Bonchev–Trinajstić information content (AvgIpc) is 3.33. The Hall–Kier alpha value is -2.09. The number of carboxylic acid groups (broad SMARTS) is 2. The molecule has 2 fully saturated rings. The van der Waals surface area contributed by atoms with E-state index < -0.39 is 28.1 Å². The zero-order valence-electron chi connectivity index (χ0n) is 20.2. The van der Waals surface area contributed by atoms with E-state index in [1.165, 1.54) is 4.31 Å². The highest BCUT2D eigenvalue weighted by Crippen LogP contribution is 2.21. The highest BCUT2D eigenvalue weighted by molar-refractivity contribution is 7.89. The number of hydrogen-bond donors (Lipinski definition) is 3. The van der Waals surface area contributed by atoms with Crippen molar-refractivity contribution in [2.24, 2.45) is 0 Å². The topological polar surface area (TPSA) is 154 Å². The predicted molar refractivity (Wildman–Crippen MR) is 127 cm³/mol. The molecule has 198 valence electrons. The number of ether oxygens (including phenoxy) is 2. The van der Waals surface area contributed by atoms with Crippen molar-refractivity contribution >= 4 is 22.0 Å². The molecule has 2 heterocycles. The van der Waals surface area contributed by atoms with Crippen molar-refractivity contribution in [1.29, 1.82) is 0 Å². The normalized spacial score (nSPS) is 20.3. The first-order valence-corrected chi connectivity index (χ1v) is 13.1. The van der Waals surface area contributed by atoms with Crippen LogP contribution in [0.3, 0.4) is 0 Å². The number of sulfonamides is 1. The molecule has 0 radical (unpaired) electrons. The Morgan fingerprint density at radius 1 is 1.09 bits per heavy atom.